The molecule has 2 rings (SSSR count). The Morgan fingerprint density at radius 2 is 1.79 bits per heavy atom. The van der Waals surface area contributed by atoms with E-state index in [-0.39, 0.29) is 6.42 Å². The summed E-state index contributed by atoms with van der Waals surface area (Å²) in [5.74, 6) is 0.110. The number of sulfonamides is 1. The molecule has 1 N–H and O–H groups in total. The van der Waals surface area contributed by atoms with Crippen molar-refractivity contribution in [1.29, 1.82) is 0 Å². The second kappa shape index (κ2) is 9.56. The van der Waals surface area contributed by atoms with Crippen molar-refractivity contribution in [2.75, 3.05) is 30.1 Å². The number of carbonyl (C=O) groups excluding carboxylic acids is 1. The average Bonchev–Trinajstić information content (AvgIpc) is 2.65. The van der Waals surface area contributed by atoms with Gasteiger partial charge in [0.25, 0.3) is 0 Å². The molecule has 10 heteroatoms. The first-order chi connectivity index (χ1) is 13.6. The second-order valence-corrected chi connectivity index (χ2v) is 8.84. The van der Waals surface area contributed by atoms with E-state index in [2.05, 4.69) is 5.32 Å². The summed E-state index contributed by atoms with van der Waals surface area (Å²) < 4.78 is 36.5. The van der Waals surface area contributed by atoms with Crippen molar-refractivity contribution < 1.29 is 22.7 Å². The highest BCUT2D eigenvalue weighted by atomic mass is 35.5. The molecule has 0 bridgehead atoms. The van der Waals surface area contributed by atoms with Gasteiger partial charge in [-0.1, -0.05) is 36.2 Å². The molecule has 1 atom stereocenters. The Balaban J connectivity index is 2.45. The van der Waals surface area contributed by atoms with E-state index in [1.54, 1.807) is 25.1 Å². The Morgan fingerprint density at radius 1 is 1.14 bits per heavy atom. The van der Waals surface area contributed by atoms with Crippen molar-refractivity contribution in [3.63, 3.8) is 0 Å². The van der Waals surface area contributed by atoms with E-state index >= 15 is 0 Å². The Kier molecular flexibility index (Phi) is 7.62. The van der Waals surface area contributed by atoms with Crippen LogP contribution in [0.25, 0.3) is 0 Å². The zero-order chi connectivity index (χ0) is 21.8. The van der Waals surface area contributed by atoms with Crippen LogP contribution < -0.4 is 19.1 Å². The largest absolute Gasteiger partial charge is 0.495 e. The number of benzene rings is 2. The molecular weight excluding hydrogens is 439 g/mol. The van der Waals surface area contributed by atoms with Gasteiger partial charge in [-0.3, -0.25) is 9.10 Å². The van der Waals surface area contributed by atoms with Crippen molar-refractivity contribution in [3.05, 3.63) is 46.4 Å². The lowest BCUT2D eigenvalue weighted by Gasteiger charge is -2.30. The highest BCUT2D eigenvalue weighted by Gasteiger charge is 2.32. The van der Waals surface area contributed by atoms with Crippen molar-refractivity contribution in [2.24, 2.45) is 0 Å². The lowest BCUT2D eigenvalue weighted by Crippen LogP contribution is -2.47. The number of methoxy groups -OCH3 is 2. The number of rotatable bonds is 8. The van der Waals surface area contributed by atoms with Gasteiger partial charge in [0.15, 0.2) is 0 Å². The standard InChI is InChI=1S/C19H22Cl2N2O5S/c1-5-16(23(29(4,25)26)13-8-6-7-12(20)9-13)19(24)22-15-11-17(27-2)14(21)10-18(15)28-3/h6-11,16H,5H2,1-4H3,(H,22,24). The summed E-state index contributed by atoms with van der Waals surface area (Å²) in [6.07, 6.45) is 1.26. The van der Waals surface area contributed by atoms with E-state index in [1.165, 1.54) is 32.4 Å². The van der Waals surface area contributed by atoms with Crippen LogP contribution in [-0.4, -0.2) is 40.8 Å². The molecule has 0 aliphatic heterocycles. The Bertz CT molecular complexity index is 998. The summed E-state index contributed by atoms with van der Waals surface area (Å²) in [4.78, 5) is 13.1. The molecule has 0 spiro atoms. The van der Waals surface area contributed by atoms with Gasteiger partial charge in [0.05, 0.1) is 36.9 Å². The summed E-state index contributed by atoms with van der Waals surface area (Å²) >= 11 is 12.1. The van der Waals surface area contributed by atoms with Crippen molar-refractivity contribution in [3.8, 4) is 11.5 Å². The molecule has 2 aromatic rings. The molecule has 0 aliphatic rings. The minimum Gasteiger partial charge on any atom is -0.495 e. The zero-order valence-electron chi connectivity index (χ0n) is 16.4. The van der Waals surface area contributed by atoms with E-state index in [0.29, 0.717) is 32.9 Å². The van der Waals surface area contributed by atoms with Crippen LogP contribution in [0.5, 0.6) is 11.5 Å². The molecule has 1 amide bonds. The average molecular weight is 461 g/mol. The first-order valence-electron chi connectivity index (χ1n) is 8.59. The van der Waals surface area contributed by atoms with Crippen molar-refractivity contribution >= 4 is 50.5 Å². The molecule has 0 aliphatic carbocycles. The van der Waals surface area contributed by atoms with Crippen LogP contribution in [0.2, 0.25) is 10.0 Å². The molecule has 1 unspecified atom stereocenters. The van der Waals surface area contributed by atoms with Crippen molar-refractivity contribution in [1.82, 2.24) is 0 Å². The number of hydrogen-bond acceptors (Lipinski definition) is 5. The maximum atomic E-state index is 13.1. The van der Waals surface area contributed by atoms with Crippen LogP contribution in [-0.2, 0) is 14.8 Å². The van der Waals surface area contributed by atoms with Gasteiger partial charge in [-0.15, -0.1) is 0 Å². The number of ether oxygens (including phenoxy) is 2. The van der Waals surface area contributed by atoms with Crippen LogP contribution in [0.15, 0.2) is 36.4 Å². The van der Waals surface area contributed by atoms with Gasteiger partial charge in [-0.25, -0.2) is 8.42 Å². The number of nitrogens with zero attached hydrogens (tertiary/aromatic N) is 1. The van der Waals surface area contributed by atoms with Crippen LogP contribution >= 0.6 is 23.2 Å². The van der Waals surface area contributed by atoms with Crippen LogP contribution in [0.4, 0.5) is 11.4 Å². The summed E-state index contributed by atoms with van der Waals surface area (Å²) in [7, 11) is -0.908. The fraction of sp³-hybridized carbons (Fsp3) is 0.316. The third-order valence-corrected chi connectivity index (χ3v) is 5.83. The monoisotopic (exact) mass is 460 g/mol. The highest BCUT2D eigenvalue weighted by molar-refractivity contribution is 7.92. The SMILES string of the molecule is CCC(C(=O)Nc1cc(OC)c(Cl)cc1OC)N(c1cccc(Cl)c1)S(C)(=O)=O. The quantitative estimate of drug-likeness (QED) is 0.637. The first kappa shape index (κ1) is 23.1. The van der Waals surface area contributed by atoms with Gasteiger partial charge in [-0.05, 0) is 24.6 Å². The molecule has 0 saturated heterocycles. The normalized spacial score (nSPS) is 12.2. The fourth-order valence-corrected chi connectivity index (χ4v) is 4.47. The summed E-state index contributed by atoms with van der Waals surface area (Å²) in [5.41, 5.74) is 0.597. The van der Waals surface area contributed by atoms with E-state index in [0.717, 1.165) is 10.6 Å². The Morgan fingerprint density at radius 3 is 2.31 bits per heavy atom. The van der Waals surface area contributed by atoms with Gasteiger partial charge in [0.1, 0.15) is 17.5 Å². The zero-order valence-corrected chi connectivity index (χ0v) is 18.7. The van der Waals surface area contributed by atoms with Gasteiger partial charge < -0.3 is 14.8 Å². The van der Waals surface area contributed by atoms with Crippen LogP contribution in [0.1, 0.15) is 13.3 Å². The van der Waals surface area contributed by atoms with Gasteiger partial charge in [0, 0.05) is 17.2 Å². The molecular formula is C19H22Cl2N2O5S. The molecule has 158 valence electrons. The van der Waals surface area contributed by atoms with E-state index in [1.807, 2.05) is 0 Å². The molecule has 2 aromatic carbocycles. The minimum absolute atomic E-state index is 0.221. The lowest BCUT2D eigenvalue weighted by molar-refractivity contribution is -0.117. The highest BCUT2D eigenvalue weighted by Crippen LogP contribution is 2.36. The van der Waals surface area contributed by atoms with E-state index in [9.17, 15) is 13.2 Å². The maximum Gasteiger partial charge on any atom is 0.248 e. The minimum atomic E-state index is -3.78. The Labute approximate surface area is 180 Å². The van der Waals surface area contributed by atoms with Gasteiger partial charge in [-0.2, -0.15) is 0 Å². The predicted octanol–water partition coefficient (Wildman–Crippen LogP) is 4.19. The predicted molar refractivity (Wildman–Crippen MR) is 116 cm³/mol. The van der Waals surface area contributed by atoms with Crippen LogP contribution in [0, 0.1) is 0 Å². The van der Waals surface area contributed by atoms with Crippen molar-refractivity contribution in [2.45, 2.75) is 19.4 Å². The molecule has 0 fully saturated rings. The number of hydrogen-bond donors (Lipinski definition) is 1. The number of anilines is 2. The summed E-state index contributed by atoms with van der Waals surface area (Å²) in [6.45, 7) is 1.71. The molecule has 0 aromatic heterocycles. The molecule has 0 radical (unpaired) electrons. The fourth-order valence-electron chi connectivity index (χ4n) is 2.85. The topological polar surface area (TPSA) is 84.9 Å². The maximum absolute atomic E-state index is 13.1. The second-order valence-electron chi connectivity index (χ2n) is 6.14. The molecule has 0 saturated carbocycles. The summed E-state index contributed by atoms with van der Waals surface area (Å²) in [6, 6.07) is 8.30. The third-order valence-electron chi connectivity index (χ3n) is 4.12. The number of amides is 1. The third kappa shape index (κ3) is 5.46. The molecule has 0 heterocycles. The first-order valence-corrected chi connectivity index (χ1v) is 11.2. The lowest BCUT2D eigenvalue weighted by atomic mass is 10.1. The number of carbonyl (C=O) groups is 1. The number of nitrogens with one attached hydrogen (secondary N) is 1. The van der Waals surface area contributed by atoms with E-state index in [4.69, 9.17) is 32.7 Å². The Hall–Kier alpha value is -2.16. The van der Waals surface area contributed by atoms with Gasteiger partial charge >= 0.3 is 0 Å². The molecule has 7 nitrogen and oxygen atoms in total. The smallest absolute Gasteiger partial charge is 0.248 e. The molecule has 29 heavy (non-hydrogen) atoms. The number of halogens is 2. The summed E-state index contributed by atoms with van der Waals surface area (Å²) in [5, 5.41) is 3.38. The van der Waals surface area contributed by atoms with E-state index < -0.39 is 22.0 Å². The van der Waals surface area contributed by atoms with Gasteiger partial charge in [0.2, 0.25) is 15.9 Å². The van der Waals surface area contributed by atoms with Crippen LogP contribution in [0.3, 0.4) is 0 Å².